The highest BCUT2D eigenvalue weighted by Crippen LogP contribution is 2.25. The molecule has 0 bridgehead atoms. The zero-order valence-corrected chi connectivity index (χ0v) is 11.5. The van der Waals surface area contributed by atoms with Crippen LogP contribution in [0, 0.1) is 5.82 Å². The lowest BCUT2D eigenvalue weighted by atomic mass is 9.99. The van der Waals surface area contributed by atoms with Gasteiger partial charge in [-0.2, -0.15) is 0 Å². The van der Waals surface area contributed by atoms with Crippen LogP contribution in [0.25, 0.3) is 11.1 Å². The molecule has 2 aromatic carbocycles. The number of benzene rings is 2. The van der Waals surface area contributed by atoms with Crippen LogP contribution < -0.4 is 5.32 Å². The summed E-state index contributed by atoms with van der Waals surface area (Å²) in [5, 5.41) is 3.37. The maximum Gasteiger partial charge on any atom is 0.123 e. The topological polar surface area (TPSA) is 15.3 Å². The lowest BCUT2D eigenvalue weighted by Gasteiger charge is -2.28. The Labute approximate surface area is 119 Å². The van der Waals surface area contributed by atoms with E-state index < -0.39 is 0 Å². The first-order chi connectivity index (χ1) is 9.83. The van der Waals surface area contributed by atoms with E-state index in [1.54, 1.807) is 0 Å². The Hall–Kier alpha value is -1.71. The number of hydrogen-bond acceptors (Lipinski definition) is 2. The van der Waals surface area contributed by atoms with Crippen molar-refractivity contribution in [2.75, 3.05) is 26.2 Å². The second kappa shape index (κ2) is 6.16. The first-order valence-corrected chi connectivity index (χ1v) is 7.10. The fraction of sp³-hybridized carbons (Fsp3) is 0.294. The van der Waals surface area contributed by atoms with Crippen molar-refractivity contribution in [3.63, 3.8) is 0 Å². The van der Waals surface area contributed by atoms with Gasteiger partial charge in [-0.25, -0.2) is 4.39 Å². The van der Waals surface area contributed by atoms with Crippen molar-refractivity contribution in [3.05, 3.63) is 59.9 Å². The van der Waals surface area contributed by atoms with Crippen LogP contribution in [0.2, 0.25) is 0 Å². The normalized spacial score (nSPS) is 16.2. The quantitative estimate of drug-likeness (QED) is 0.922. The first-order valence-electron chi connectivity index (χ1n) is 7.10. The molecule has 0 saturated carbocycles. The number of nitrogens with zero attached hydrogens (tertiary/aromatic N) is 1. The third-order valence-electron chi connectivity index (χ3n) is 3.78. The summed E-state index contributed by atoms with van der Waals surface area (Å²) < 4.78 is 13.1. The summed E-state index contributed by atoms with van der Waals surface area (Å²) in [6.07, 6.45) is 0. The molecule has 0 amide bonds. The van der Waals surface area contributed by atoms with Gasteiger partial charge in [-0.05, 0) is 28.8 Å². The van der Waals surface area contributed by atoms with Crippen molar-refractivity contribution >= 4 is 0 Å². The molecule has 104 valence electrons. The monoisotopic (exact) mass is 270 g/mol. The van der Waals surface area contributed by atoms with Gasteiger partial charge < -0.3 is 5.32 Å². The van der Waals surface area contributed by atoms with Crippen LogP contribution in [-0.4, -0.2) is 31.1 Å². The summed E-state index contributed by atoms with van der Waals surface area (Å²) in [6, 6.07) is 15.2. The first kappa shape index (κ1) is 13.3. The molecule has 1 aliphatic heterocycles. The molecule has 0 aliphatic carbocycles. The minimum atomic E-state index is -0.187. The summed E-state index contributed by atoms with van der Waals surface area (Å²) in [6.45, 7) is 5.22. The lowest BCUT2D eigenvalue weighted by Crippen LogP contribution is -2.42. The number of halogens is 1. The highest BCUT2D eigenvalue weighted by Gasteiger charge is 2.12. The molecule has 3 heteroatoms. The van der Waals surface area contributed by atoms with Gasteiger partial charge in [0.25, 0.3) is 0 Å². The van der Waals surface area contributed by atoms with Crippen LogP contribution >= 0.6 is 0 Å². The van der Waals surface area contributed by atoms with Crippen molar-refractivity contribution in [1.82, 2.24) is 10.2 Å². The van der Waals surface area contributed by atoms with Gasteiger partial charge in [0.05, 0.1) is 0 Å². The molecule has 2 nitrogen and oxygen atoms in total. The molecule has 1 heterocycles. The maximum atomic E-state index is 13.1. The van der Waals surface area contributed by atoms with Crippen molar-refractivity contribution < 1.29 is 4.39 Å². The molecule has 0 radical (unpaired) electrons. The van der Waals surface area contributed by atoms with E-state index in [0.717, 1.165) is 38.3 Å². The summed E-state index contributed by atoms with van der Waals surface area (Å²) >= 11 is 0. The highest BCUT2D eigenvalue weighted by atomic mass is 19.1. The minimum absolute atomic E-state index is 0.187. The molecule has 1 N–H and O–H groups in total. The molecular formula is C17H19FN2. The van der Waals surface area contributed by atoms with E-state index in [9.17, 15) is 4.39 Å². The predicted octanol–water partition coefficient (Wildman–Crippen LogP) is 2.90. The fourth-order valence-corrected chi connectivity index (χ4v) is 2.68. The Kier molecular flexibility index (Phi) is 4.09. The average Bonchev–Trinajstić information content (AvgIpc) is 2.50. The maximum absolute atomic E-state index is 13.1. The number of rotatable bonds is 3. The molecule has 3 rings (SSSR count). The standard InChI is InChI=1S/C17H19FN2/c18-16-7-5-14(6-8-16)17-4-2-1-3-15(17)13-20-11-9-19-10-12-20/h1-8,19H,9-13H2. The number of nitrogens with one attached hydrogen (secondary N) is 1. The largest absolute Gasteiger partial charge is 0.314 e. The van der Waals surface area contributed by atoms with Gasteiger partial charge >= 0.3 is 0 Å². The second-order valence-corrected chi connectivity index (χ2v) is 5.19. The molecule has 20 heavy (non-hydrogen) atoms. The van der Waals surface area contributed by atoms with E-state index in [-0.39, 0.29) is 5.82 Å². The lowest BCUT2D eigenvalue weighted by molar-refractivity contribution is 0.233. The molecule has 0 atom stereocenters. The Morgan fingerprint density at radius 1 is 0.950 bits per heavy atom. The second-order valence-electron chi connectivity index (χ2n) is 5.19. The van der Waals surface area contributed by atoms with Gasteiger partial charge in [0.1, 0.15) is 5.82 Å². The van der Waals surface area contributed by atoms with Gasteiger partial charge in [-0.15, -0.1) is 0 Å². The van der Waals surface area contributed by atoms with E-state index in [1.807, 2.05) is 18.2 Å². The van der Waals surface area contributed by atoms with E-state index in [4.69, 9.17) is 0 Å². The molecule has 2 aromatic rings. The van der Waals surface area contributed by atoms with Gasteiger partial charge in [0.2, 0.25) is 0 Å². The van der Waals surface area contributed by atoms with Crippen LogP contribution in [0.1, 0.15) is 5.56 Å². The van der Waals surface area contributed by atoms with Gasteiger partial charge in [-0.3, -0.25) is 4.90 Å². The molecule has 1 fully saturated rings. The Morgan fingerprint density at radius 2 is 1.65 bits per heavy atom. The average molecular weight is 270 g/mol. The SMILES string of the molecule is Fc1ccc(-c2ccccc2CN2CCNCC2)cc1. The Balaban J connectivity index is 1.85. The van der Waals surface area contributed by atoms with E-state index >= 15 is 0 Å². The summed E-state index contributed by atoms with van der Waals surface area (Å²) in [7, 11) is 0. The Bertz CT molecular complexity index is 559. The van der Waals surface area contributed by atoms with Crippen molar-refractivity contribution in [2.24, 2.45) is 0 Å². The summed E-state index contributed by atoms with van der Waals surface area (Å²) in [5.41, 5.74) is 3.59. The van der Waals surface area contributed by atoms with Gasteiger partial charge in [0, 0.05) is 32.7 Å². The molecule has 1 saturated heterocycles. The minimum Gasteiger partial charge on any atom is -0.314 e. The third-order valence-corrected chi connectivity index (χ3v) is 3.78. The van der Waals surface area contributed by atoms with Crippen molar-refractivity contribution in [2.45, 2.75) is 6.54 Å². The van der Waals surface area contributed by atoms with Crippen molar-refractivity contribution in [1.29, 1.82) is 0 Å². The molecule has 0 aromatic heterocycles. The van der Waals surface area contributed by atoms with Crippen LogP contribution in [-0.2, 0) is 6.54 Å². The summed E-state index contributed by atoms with van der Waals surface area (Å²) in [5.74, 6) is -0.187. The zero-order chi connectivity index (χ0) is 13.8. The van der Waals surface area contributed by atoms with Crippen molar-refractivity contribution in [3.8, 4) is 11.1 Å². The summed E-state index contributed by atoms with van der Waals surface area (Å²) in [4.78, 5) is 2.46. The predicted molar refractivity (Wildman–Crippen MR) is 80.0 cm³/mol. The molecular weight excluding hydrogens is 251 g/mol. The van der Waals surface area contributed by atoms with E-state index in [1.165, 1.54) is 23.3 Å². The smallest absolute Gasteiger partial charge is 0.123 e. The Morgan fingerprint density at radius 3 is 2.40 bits per heavy atom. The fourth-order valence-electron chi connectivity index (χ4n) is 2.68. The zero-order valence-electron chi connectivity index (χ0n) is 11.5. The van der Waals surface area contributed by atoms with Gasteiger partial charge in [0.15, 0.2) is 0 Å². The molecule has 0 unspecified atom stereocenters. The van der Waals surface area contributed by atoms with E-state index in [0.29, 0.717) is 0 Å². The highest BCUT2D eigenvalue weighted by molar-refractivity contribution is 5.67. The van der Waals surface area contributed by atoms with Crippen LogP contribution in [0.3, 0.4) is 0 Å². The number of hydrogen-bond donors (Lipinski definition) is 1. The third kappa shape index (κ3) is 3.06. The van der Waals surface area contributed by atoms with Crippen LogP contribution in [0.15, 0.2) is 48.5 Å². The van der Waals surface area contributed by atoms with Gasteiger partial charge in [-0.1, -0.05) is 36.4 Å². The molecule has 0 spiro atoms. The number of piperazine rings is 1. The van der Waals surface area contributed by atoms with E-state index in [2.05, 4.69) is 28.4 Å². The van der Waals surface area contributed by atoms with Crippen LogP contribution in [0.5, 0.6) is 0 Å². The molecule has 1 aliphatic rings. The van der Waals surface area contributed by atoms with Crippen LogP contribution in [0.4, 0.5) is 4.39 Å².